The van der Waals surface area contributed by atoms with E-state index >= 15 is 0 Å². The molecule has 18 heavy (non-hydrogen) atoms. The second-order valence-electron chi connectivity index (χ2n) is 5.04. The lowest BCUT2D eigenvalue weighted by Crippen LogP contribution is -2.28. The van der Waals surface area contributed by atoms with Crippen LogP contribution in [-0.2, 0) is 6.54 Å². The third-order valence-corrected chi connectivity index (χ3v) is 3.57. The van der Waals surface area contributed by atoms with Gasteiger partial charge in [0.2, 0.25) is 0 Å². The summed E-state index contributed by atoms with van der Waals surface area (Å²) in [5.41, 5.74) is 0.899. The van der Waals surface area contributed by atoms with Gasteiger partial charge in [-0.25, -0.2) is 0 Å². The van der Waals surface area contributed by atoms with E-state index in [9.17, 15) is 10.1 Å². The van der Waals surface area contributed by atoms with Crippen molar-refractivity contribution in [1.29, 1.82) is 0 Å². The molecule has 0 N–H and O–H groups in total. The lowest BCUT2D eigenvalue weighted by molar-refractivity contribution is -0.385. The van der Waals surface area contributed by atoms with Crippen LogP contribution >= 0.6 is 0 Å². The van der Waals surface area contributed by atoms with Crippen LogP contribution in [0.1, 0.15) is 18.4 Å². The minimum absolute atomic E-state index is 0.176. The molecule has 0 radical (unpaired) electrons. The van der Waals surface area contributed by atoms with Crippen LogP contribution < -0.4 is 4.74 Å². The summed E-state index contributed by atoms with van der Waals surface area (Å²) in [6.07, 6.45) is 2.59. The van der Waals surface area contributed by atoms with Crippen LogP contribution in [0.15, 0.2) is 18.2 Å². The summed E-state index contributed by atoms with van der Waals surface area (Å²) < 4.78 is 5.63. The maximum Gasteiger partial charge on any atom is 0.277 e. The highest BCUT2D eigenvalue weighted by Crippen LogP contribution is 2.34. The highest BCUT2D eigenvalue weighted by molar-refractivity contribution is 5.49. The number of benzene rings is 1. The maximum atomic E-state index is 11.1. The molecule has 1 aromatic carbocycles. The number of nitro benzene ring substituents is 1. The van der Waals surface area contributed by atoms with Crippen molar-refractivity contribution >= 4 is 5.69 Å². The zero-order valence-corrected chi connectivity index (χ0v) is 10.2. The highest BCUT2D eigenvalue weighted by Gasteiger charge is 2.28. The zero-order chi connectivity index (χ0) is 12.5. The second kappa shape index (κ2) is 4.57. The number of nitro groups is 1. The molecule has 1 aromatic rings. The molecule has 0 amide bonds. The van der Waals surface area contributed by atoms with Gasteiger partial charge in [0, 0.05) is 25.7 Å². The van der Waals surface area contributed by atoms with Crippen LogP contribution in [0.2, 0.25) is 0 Å². The Hall–Kier alpha value is -1.62. The Morgan fingerprint density at radius 3 is 3.00 bits per heavy atom. The van der Waals surface area contributed by atoms with Gasteiger partial charge in [-0.1, -0.05) is 6.07 Å². The Balaban J connectivity index is 1.88. The quantitative estimate of drug-likeness (QED) is 0.608. The van der Waals surface area contributed by atoms with Crippen molar-refractivity contribution in [1.82, 2.24) is 4.90 Å². The predicted molar refractivity (Wildman–Crippen MR) is 66.6 cm³/mol. The number of nitrogens with zero attached hydrogens (tertiary/aromatic N) is 2. The van der Waals surface area contributed by atoms with Crippen molar-refractivity contribution in [3.05, 3.63) is 33.9 Å². The van der Waals surface area contributed by atoms with E-state index in [2.05, 4.69) is 4.90 Å². The van der Waals surface area contributed by atoms with Crippen molar-refractivity contribution in [3.8, 4) is 5.75 Å². The molecule has 1 heterocycles. The monoisotopic (exact) mass is 248 g/mol. The average Bonchev–Trinajstić information content (AvgIpc) is 3.15. The maximum absolute atomic E-state index is 11.1. The van der Waals surface area contributed by atoms with Crippen molar-refractivity contribution in [2.75, 3.05) is 19.7 Å². The summed E-state index contributed by atoms with van der Waals surface area (Å²) in [4.78, 5) is 13.0. The van der Waals surface area contributed by atoms with Gasteiger partial charge < -0.3 is 4.74 Å². The molecule has 1 fully saturated rings. The molecule has 2 aliphatic rings. The minimum Gasteiger partial charge on any atom is -0.492 e. The average molecular weight is 248 g/mol. The smallest absolute Gasteiger partial charge is 0.277 e. The Labute approximate surface area is 106 Å². The van der Waals surface area contributed by atoms with E-state index < -0.39 is 0 Å². The minimum atomic E-state index is -0.317. The summed E-state index contributed by atoms with van der Waals surface area (Å²) in [7, 11) is 0. The Morgan fingerprint density at radius 2 is 2.28 bits per heavy atom. The fourth-order valence-electron chi connectivity index (χ4n) is 2.43. The second-order valence-corrected chi connectivity index (χ2v) is 5.04. The van der Waals surface area contributed by atoms with Gasteiger partial charge >= 0.3 is 0 Å². The SMILES string of the molecule is O=[N+]([O-])c1cccc2c1CN(CC1CC1)CCO2. The molecule has 1 aliphatic carbocycles. The topological polar surface area (TPSA) is 55.6 Å². The van der Waals surface area contributed by atoms with Gasteiger partial charge in [0.1, 0.15) is 12.4 Å². The van der Waals surface area contributed by atoms with Crippen LogP contribution in [-0.4, -0.2) is 29.5 Å². The van der Waals surface area contributed by atoms with Crippen molar-refractivity contribution in [2.45, 2.75) is 19.4 Å². The van der Waals surface area contributed by atoms with Crippen molar-refractivity contribution < 1.29 is 9.66 Å². The molecule has 1 aliphatic heterocycles. The first-order valence-electron chi connectivity index (χ1n) is 6.35. The largest absolute Gasteiger partial charge is 0.492 e. The Kier molecular flexibility index (Phi) is 2.91. The molecule has 3 rings (SSSR count). The fraction of sp³-hybridized carbons (Fsp3) is 0.538. The first-order chi connectivity index (χ1) is 8.74. The molecule has 96 valence electrons. The third kappa shape index (κ3) is 2.31. The first-order valence-corrected chi connectivity index (χ1v) is 6.35. The van der Waals surface area contributed by atoms with Crippen LogP contribution in [0, 0.1) is 16.0 Å². The fourth-order valence-corrected chi connectivity index (χ4v) is 2.43. The lowest BCUT2D eigenvalue weighted by atomic mass is 10.1. The Bertz CT molecular complexity index is 471. The van der Waals surface area contributed by atoms with Crippen molar-refractivity contribution in [2.24, 2.45) is 5.92 Å². The molecule has 1 saturated carbocycles. The molecule has 0 aromatic heterocycles. The predicted octanol–water partition coefficient (Wildman–Crippen LogP) is 2.20. The molecule has 0 spiro atoms. The van der Waals surface area contributed by atoms with Gasteiger partial charge in [0.05, 0.1) is 10.5 Å². The summed E-state index contributed by atoms with van der Waals surface area (Å²) in [6, 6.07) is 5.07. The van der Waals surface area contributed by atoms with Gasteiger partial charge in [-0.05, 0) is 24.8 Å². The van der Waals surface area contributed by atoms with E-state index in [1.807, 2.05) is 6.07 Å². The Morgan fingerprint density at radius 1 is 1.44 bits per heavy atom. The van der Waals surface area contributed by atoms with Gasteiger partial charge in [-0.2, -0.15) is 0 Å². The number of ether oxygens (including phenoxy) is 1. The van der Waals surface area contributed by atoms with Crippen LogP contribution in [0.5, 0.6) is 5.75 Å². The summed E-state index contributed by atoms with van der Waals surface area (Å²) in [5.74, 6) is 1.46. The summed E-state index contributed by atoms with van der Waals surface area (Å²) in [5, 5.41) is 11.1. The highest BCUT2D eigenvalue weighted by atomic mass is 16.6. The zero-order valence-electron chi connectivity index (χ0n) is 10.2. The molecular weight excluding hydrogens is 232 g/mol. The molecular formula is C13H16N2O3. The molecule has 5 nitrogen and oxygen atoms in total. The van der Waals surface area contributed by atoms with Gasteiger partial charge in [-0.15, -0.1) is 0 Å². The van der Waals surface area contributed by atoms with Crippen LogP contribution in [0.25, 0.3) is 0 Å². The summed E-state index contributed by atoms with van der Waals surface area (Å²) >= 11 is 0. The molecule has 0 bridgehead atoms. The van der Waals surface area contributed by atoms with E-state index in [-0.39, 0.29) is 10.6 Å². The summed E-state index contributed by atoms with van der Waals surface area (Å²) in [6.45, 7) is 3.13. The normalized spacial score (nSPS) is 19.8. The van der Waals surface area contributed by atoms with Gasteiger partial charge in [-0.3, -0.25) is 15.0 Å². The van der Waals surface area contributed by atoms with E-state index in [0.717, 1.165) is 24.6 Å². The van der Waals surface area contributed by atoms with Gasteiger partial charge in [0.25, 0.3) is 5.69 Å². The molecule has 5 heteroatoms. The van der Waals surface area contributed by atoms with Crippen molar-refractivity contribution in [3.63, 3.8) is 0 Å². The van der Waals surface area contributed by atoms with E-state index in [1.165, 1.54) is 12.8 Å². The number of hydrogen-bond acceptors (Lipinski definition) is 4. The van der Waals surface area contributed by atoms with E-state index in [1.54, 1.807) is 12.1 Å². The molecule has 0 unspecified atom stereocenters. The van der Waals surface area contributed by atoms with E-state index in [0.29, 0.717) is 18.9 Å². The first kappa shape index (κ1) is 11.5. The number of rotatable bonds is 3. The van der Waals surface area contributed by atoms with Gasteiger partial charge in [0.15, 0.2) is 0 Å². The molecule has 0 atom stereocenters. The third-order valence-electron chi connectivity index (χ3n) is 3.57. The van der Waals surface area contributed by atoms with Crippen LogP contribution in [0.4, 0.5) is 5.69 Å². The lowest BCUT2D eigenvalue weighted by Gasteiger charge is -2.18. The van der Waals surface area contributed by atoms with Crippen LogP contribution in [0.3, 0.4) is 0 Å². The van der Waals surface area contributed by atoms with E-state index in [4.69, 9.17) is 4.74 Å². The standard InChI is InChI=1S/C13H16N2O3/c16-15(17)12-2-1-3-13-11(12)9-14(6-7-18-13)8-10-4-5-10/h1-3,10H,4-9H2. The number of fused-ring (bicyclic) bond motifs is 1. The number of hydrogen-bond donors (Lipinski definition) is 0. The molecule has 0 saturated heterocycles.